The van der Waals surface area contributed by atoms with Crippen molar-refractivity contribution in [1.82, 2.24) is 4.90 Å². The molecule has 0 aromatic heterocycles. The molecular weight excluding hydrogens is 278 g/mol. The zero-order valence-corrected chi connectivity index (χ0v) is 12.6. The van der Waals surface area contributed by atoms with E-state index in [2.05, 4.69) is 0 Å². The highest BCUT2D eigenvalue weighted by molar-refractivity contribution is 6.31. The lowest BCUT2D eigenvalue weighted by atomic mass is 9.92. The molecule has 1 saturated heterocycles. The van der Waals surface area contributed by atoms with Gasteiger partial charge in [-0.25, -0.2) is 0 Å². The summed E-state index contributed by atoms with van der Waals surface area (Å²) in [6.07, 6.45) is 2.17. The molecule has 5 heteroatoms. The molecule has 1 aromatic carbocycles. The molecular formula is C15H20ClNO3. The van der Waals surface area contributed by atoms with Gasteiger partial charge in [-0.1, -0.05) is 24.6 Å². The average Bonchev–Trinajstić information content (AvgIpc) is 2.85. The van der Waals surface area contributed by atoms with Crippen LogP contribution in [0.2, 0.25) is 5.02 Å². The van der Waals surface area contributed by atoms with Gasteiger partial charge in [0, 0.05) is 17.1 Å². The van der Waals surface area contributed by atoms with Crippen LogP contribution in [0.4, 0.5) is 0 Å². The van der Waals surface area contributed by atoms with Crippen LogP contribution in [0, 0.1) is 0 Å². The number of hydrogen-bond acceptors (Lipinski definition) is 3. The number of methoxy groups -OCH3 is 1. The molecule has 0 bridgehead atoms. The fourth-order valence-electron chi connectivity index (χ4n) is 3.03. The van der Waals surface area contributed by atoms with Crippen LogP contribution in [0.25, 0.3) is 0 Å². The van der Waals surface area contributed by atoms with Gasteiger partial charge in [0.05, 0.1) is 7.11 Å². The van der Waals surface area contributed by atoms with Gasteiger partial charge in [-0.3, -0.25) is 9.69 Å². The van der Waals surface area contributed by atoms with E-state index in [4.69, 9.17) is 16.3 Å². The van der Waals surface area contributed by atoms with Gasteiger partial charge in [0.15, 0.2) is 0 Å². The minimum Gasteiger partial charge on any atom is -0.496 e. The highest BCUT2D eigenvalue weighted by Crippen LogP contribution is 2.37. The van der Waals surface area contributed by atoms with Crippen LogP contribution in [0.15, 0.2) is 18.2 Å². The Kier molecular flexibility index (Phi) is 4.55. The van der Waals surface area contributed by atoms with Crippen molar-refractivity contribution in [3.8, 4) is 5.75 Å². The van der Waals surface area contributed by atoms with Crippen LogP contribution < -0.4 is 4.74 Å². The molecule has 4 nitrogen and oxygen atoms in total. The summed E-state index contributed by atoms with van der Waals surface area (Å²) in [5.41, 5.74) is 0.0853. The number of carbonyl (C=O) groups is 1. The Hall–Kier alpha value is -1.26. The summed E-state index contributed by atoms with van der Waals surface area (Å²) in [6, 6.07) is 5.49. The molecule has 1 heterocycles. The van der Waals surface area contributed by atoms with Crippen LogP contribution in [0.1, 0.15) is 31.7 Å². The highest BCUT2D eigenvalue weighted by atomic mass is 35.5. The molecule has 20 heavy (non-hydrogen) atoms. The van der Waals surface area contributed by atoms with Crippen LogP contribution in [-0.2, 0) is 11.3 Å². The van der Waals surface area contributed by atoms with Gasteiger partial charge >= 0.3 is 5.97 Å². The van der Waals surface area contributed by atoms with E-state index in [1.54, 1.807) is 7.11 Å². The smallest absolute Gasteiger partial charge is 0.324 e. The summed E-state index contributed by atoms with van der Waals surface area (Å²) in [4.78, 5) is 13.7. The number of halogens is 1. The van der Waals surface area contributed by atoms with E-state index in [1.807, 2.05) is 30.0 Å². The Morgan fingerprint density at radius 1 is 1.55 bits per heavy atom. The van der Waals surface area contributed by atoms with Gasteiger partial charge in [-0.15, -0.1) is 0 Å². The van der Waals surface area contributed by atoms with E-state index < -0.39 is 11.5 Å². The van der Waals surface area contributed by atoms with E-state index in [0.717, 1.165) is 18.5 Å². The number of aliphatic carboxylic acids is 1. The summed E-state index contributed by atoms with van der Waals surface area (Å²) in [7, 11) is 1.60. The summed E-state index contributed by atoms with van der Waals surface area (Å²) in [5, 5.41) is 10.2. The van der Waals surface area contributed by atoms with Crippen molar-refractivity contribution in [3.05, 3.63) is 28.8 Å². The molecule has 1 fully saturated rings. The Morgan fingerprint density at radius 2 is 2.30 bits per heavy atom. The standard InChI is InChI=1S/C15H20ClNO3/c1-3-15(14(18)19)8-5-9-17(15)10-11-12(16)6-4-7-13(11)20-2/h4,6-7H,3,5,8-10H2,1-2H3,(H,18,19). The van der Waals surface area contributed by atoms with E-state index in [-0.39, 0.29) is 0 Å². The van der Waals surface area contributed by atoms with Gasteiger partial charge < -0.3 is 9.84 Å². The minimum atomic E-state index is -0.774. The molecule has 0 spiro atoms. The predicted octanol–water partition coefficient (Wildman–Crippen LogP) is 3.18. The molecule has 0 amide bonds. The third-order valence-corrected chi connectivity index (χ3v) is 4.61. The van der Waals surface area contributed by atoms with Crippen molar-refractivity contribution in [2.75, 3.05) is 13.7 Å². The van der Waals surface area contributed by atoms with Crippen LogP contribution in [0.5, 0.6) is 5.75 Å². The van der Waals surface area contributed by atoms with Crippen molar-refractivity contribution in [2.45, 2.75) is 38.3 Å². The van der Waals surface area contributed by atoms with Gasteiger partial charge in [0.25, 0.3) is 0 Å². The Bertz CT molecular complexity index is 506. The lowest BCUT2D eigenvalue weighted by Gasteiger charge is -2.34. The van der Waals surface area contributed by atoms with Crippen molar-refractivity contribution < 1.29 is 14.6 Å². The molecule has 0 aliphatic carbocycles. The Morgan fingerprint density at radius 3 is 2.90 bits per heavy atom. The fraction of sp³-hybridized carbons (Fsp3) is 0.533. The first-order valence-corrected chi connectivity index (χ1v) is 7.22. The zero-order chi connectivity index (χ0) is 14.8. The van der Waals surface area contributed by atoms with Crippen LogP contribution >= 0.6 is 11.6 Å². The first-order chi connectivity index (χ1) is 9.55. The number of benzene rings is 1. The normalized spacial score (nSPS) is 22.9. The summed E-state index contributed by atoms with van der Waals surface area (Å²) in [6.45, 7) is 3.20. The highest BCUT2D eigenvalue weighted by Gasteiger charge is 2.46. The summed E-state index contributed by atoms with van der Waals surface area (Å²) >= 11 is 6.25. The molecule has 1 aromatic rings. The number of carboxylic acid groups (broad SMARTS) is 1. The lowest BCUT2D eigenvalue weighted by molar-refractivity contribution is -0.150. The molecule has 2 rings (SSSR count). The molecule has 1 N–H and O–H groups in total. The zero-order valence-electron chi connectivity index (χ0n) is 11.9. The van der Waals surface area contributed by atoms with Gasteiger partial charge in [-0.05, 0) is 37.9 Å². The Labute approximate surface area is 124 Å². The number of likely N-dealkylation sites (tertiary alicyclic amines) is 1. The number of nitrogens with zero attached hydrogens (tertiary/aromatic N) is 1. The minimum absolute atomic E-state index is 0.503. The predicted molar refractivity (Wildman–Crippen MR) is 78.3 cm³/mol. The van der Waals surface area contributed by atoms with Crippen LogP contribution in [0.3, 0.4) is 0 Å². The molecule has 110 valence electrons. The Balaban J connectivity index is 2.32. The van der Waals surface area contributed by atoms with E-state index in [9.17, 15) is 9.90 Å². The summed E-state index contributed by atoms with van der Waals surface area (Å²) < 4.78 is 5.34. The summed E-state index contributed by atoms with van der Waals surface area (Å²) in [5.74, 6) is -0.0386. The number of rotatable bonds is 5. The van der Waals surface area contributed by atoms with E-state index >= 15 is 0 Å². The van der Waals surface area contributed by atoms with Gasteiger partial charge in [-0.2, -0.15) is 0 Å². The first-order valence-electron chi connectivity index (χ1n) is 6.85. The molecule has 0 radical (unpaired) electrons. The second kappa shape index (κ2) is 6.02. The van der Waals surface area contributed by atoms with E-state index in [1.165, 1.54) is 0 Å². The lowest BCUT2D eigenvalue weighted by Crippen LogP contribution is -2.49. The van der Waals surface area contributed by atoms with E-state index in [0.29, 0.717) is 30.2 Å². The molecule has 1 unspecified atom stereocenters. The van der Waals surface area contributed by atoms with Crippen molar-refractivity contribution in [2.24, 2.45) is 0 Å². The first kappa shape index (κ1) is 15.1. The van der Waals surface area contributed by atoms with Crippen LogP contribution in [-0.4, -0.2) is 35.2 Å². The SMILES string of the molecule is CCC1(C(=O)O)CCCN1Cc1c(Cl)cccc1OC. The maximum absolute atomic E-state index is 11.7. The van der Waals surface area contributed by atoms with Crippen molar-refractivity contribution in [1.29, 1.82) is 0 Å². The molecule has 0 saturated carbocycles. The molecule has 1 aliphatic rings. The number of hydrogen-bond donors (Lipinski definition) is 1. The van der Waals surface area contributed by atoms with Crippen molar-refractivity contribution in [3.63, 3.8) is 0 Å². The monoisotopic (exact) mass is 297 g/mol. The number of carboxylic acids is 1. The van der Waals surface area contributed by atoms with Gasteiger partial charge in [0.1, 0.15) is 11.3 Å². The van der Waals surface area contributed by atoms with Gasteiger partial charge in [0.2, 0.25) is 0 Å². The second-order valence-corrected chi connectivity index (χ2v) is 5.54. The average molecular weight is 298 g/mol. The fourth-order valence-corrected chi connectivity index (χ4v) is 3.26. The maximum atomic E-state index is 11.7. The quantitative estimate of drug-likeness (QED) is 0.907. The number of ether oxygens (including phenoxy) is 1. The van der Waals surface area contributed by atoms with Crippen molar-refractivity contribution >= 4 is 17.6 Å². The molecule has 1 atom stereocenters. The third kappa shape index (κ3) is 2.50. The topological polar surface area (TPSA) is 49.8 Å². The maximum Gasteiger partial charge on any atom is 0.324 e. The second-order valence-electron chi connectivity index (χ2n) is 5.14. The molecule has 1 aliphatic heterocycles. The largest absolute Gasteiger partial charge is 0.496 e. The third-order valence-electron chi connectivity index (χ3n) is 4.25.